The van der Waals surface area contributed by atoms with E-state index in [2.05, 4.69) is 0 Å². The highest BCUT2D eigenvalue weighted by Gasteiger charge is 2.20. The highest BCUT2D eigenvalue weighted by atomic mass is 32.2. The molecule has 0 fully saturated rings. The van der Waals surface area contributed by atoms with Crippen LogP contribution in [0.25, 0.3) is 0 Å². The summed E-state index contributed by atoms with van der Waals surface area (Å²) in [4.78, 5) is 12.2. The Balaban J connectivity index is 4.08. The second-order valence-corrected chi connectivity index (χ2v) is 5.70. The first kappa shape index (κ1) is 14.3. The lowest BCUT2D eigenvalue weighted by molar-refractivity contribution is -0.134. The second-order valence-electron chi connectivity index (χ2n) is 3.63. The van der Waals surface area contributed by atoms with Gasteiger partial charge in [-0.1, -0.05) is 0 Å². The van der Waals surface area contributed by atoms with E-state index in [0.717, 1.165) is 10.8 Å². The molecule has 0 spiro atoms. The fourth-order valence-electron chi connectivity index (χ4n) is 1.01. The lowest BCUT2D eigenvalue weighted by atomic mass is 10.4. The van der Waals surface area contributed by atoms with Crippen molar-refractivity contribution in [3.05, 3.63) is 0 Å². The van der Waals surface area contributed by atoms with Crippen LogP contribution in [0.15, 0.2) is 0 Å². The van der Waals surface area contributed by atoms with Crippen molar-refractivity contribution in [1.29, 1.82) is 0 Å². The van der Waals surface area contributed by atoms with Gasteiger partial charge in [-0.15, -0.1) is 0 Å². The minimum absolute atomic E-state index is 0.341. The lowest BCUT2D eigenvalue weighted by Crippen LogP contribution is -2.34. The largest absolute Gasteiger partial charge is 0.480 e. The Hall–Kier alpha value is -0.660. The third-order valence-corrected chi connectivity index (χ3v) is 3.60. The lowest BCUT2D eigenvalue weighted by Gasteiger charge is -2.17. The Morgan fingerprint density at radius 1 is 1.20 bits per heavy atom. The number of nitrogens with zero attached hydrogens (tertiary/aromatic N) is 2. The molecule has 0 aromatic rings. The van der Waals surface area contributed by atoms with Crippen LogP contribution in [0.1, 0.15) is 6.42 Å². The first-order valence-corrected chi connectivity index (χ1v) is 6.17. The topological polar surface area (TPSA) is 77.9 Å². The van der Waals surface area contributed by atoms with Gasteiger partial charge in [0.15, 0.2) is 5.75 Å². The number of sulfonamides is 1. The number of hydrogen-bond donors (Lipinski definition) is 1. The summed E-state index contributed by atoms with van der Waals surface area (Å²) in [5, 5.41) is 8.40. The molecule has 1 N–H and O–H groups in total. The fraction of sp³-hybridized carbons (Fsp3) is 0.875. The highest BCUT2D eigenvalue weighted by molar-refractivity contribution is 7.89. The van der Waals surface area contributed by atoms with E-state index in [1.807, 2.05) is 19.0 Å². The van der Waals surface area contributed by atoms with Crippen LogP contribution in [0.5, 0.6) is 0 Å². The summed E-state index contributed by atoms with van der Waals surface area (Å²) < 4.78 is 23.8. The second kappa shape index (κ2) is 6.04. The normalized spacial score (nSPS) is 12.3. The van der Waals surface area contributed by atoms with Crippen LogP contribution in [0.4, 0.5) is 0 Å². The van der Waals surface area contributed by atoms with Crippen LogP contribution >= 0.6 is 0 Å². The van der Waals surface area contributed by atoms with Crippen LogP contribution in [0.2, 0.25) is 0 Å². The monoisotopic (exact) mass is 238 g/mol. The molecule has 0 aromatic heterocycles. The average Bonchev–Trinajstić information content (AvgIpc) is 2.00. The van der Waals surface area contributed by atoms with Crippen molar-refractivity contribution >= 4 is 16.0 Å². The number of aliphatic carboxylic acids is 1. The van der Waals surface area contributed by atoms with E-state index in [4.69, 9.17) is 5.11 Å². The molecule has 0 unspecified atom stereocenters. The van der Waals surface area contributed by atoms with E-state index >= 15 is 0 Å². The maximum absolute atomic E-state index is 11.3. The summed E-state index contributed by atoms with van der Waals surface area (Å²) in [6, 6.07) is 0. The van der Waals surface area contributed by atoms with Gasteiger partial charge >= 0.3 is 5.97 Å². The zero-order valence-electron chi connectivity index (χ0n) is 9.30. The number of carboxylic acids is 1. The molecule has 90 valence electrons. The third-order valence-electron chi connectivity index (χ3n) is 1.86. The van der Waals surface area contributed by atoms with Gasteiger partial charge in [0.05, 0.1) is 0 Å². The zero-order chi connectivity index (χ0) is 12.1. The van der Waals surface area contributed by atoms with Gasteiger partial charge in [0, 0.05) is 13.6 Å². The molecular weight excluding hydrogens is 220 g/mol. The molecule has 15 heavy (non-hydrogen) atoms. The minimum atomic E-state index is -3.64. The van der Waals surface area contributed by atoms with E-state index < -0.39 is 21.7 Å². The first-order chi connectivity index (χ1) is 6.75. The molecular formula is C8H18N2O4S. The Morgan fingerprint density at radius 2 is 1.73 bits per heavy atom. The fourth-order valence-corrected chi connectivity index (χ4v) is 1.95. The van der Waals surface area contributed by atoms with Crippen molar-refractivity contribution in [2.75, 3.05) is 40.0 Å². The molecule has 0 aromatic carbocycles. The maximum Gasteiger partial charge on any atom is 0.320 e. The molecule has 6 nitrogen and oxygen atoms in total. The molecule has 0 amide bonds. The van der Waals surface area contributed by atoms with Gasteiger partial charge in [-0.2, -0.15) is 0 Å². The Labute approximate surface area is 90.5 Å². The summed E-state index contributed by atoms with van der Waals surface area (Å²) in [6.07, 6.45) is 0.683. The molecule has 7 heteroatoms. The molecule has 0 aliphatic rings. The molecule has 0 rings (SSSR count). The Morgan fingerprint density at radius 3 is 2.13 bits per heavy atom. The SMILES string of the molecule is CN(C)CCCN(C)S(=O)(=O)CC(=O)O. The average molecular weight is 238 g/mol. The van der Waals surface area contributed by atoms with Crippen molar-refractivity contribution in [3.8, 4) is 0 Å². The zero-order valence-corrected chi connectivity index (χ0v) is 10.1. The van der Waals surface area contributed by atoms with Crippen molar-refractivity contribution < 1.29 is 18.3 Å². The van der Waals surface area contributed by atoms with Crippen molar-refractivity contribution in [2.45, 2.75) is 6.42 Å². The summed E-state index contributed by atoms with van der Waals surface area (Å²) in [7, 11) is 1.54. The number of hydrogen-bond acceptors (Lipinski definition) is 4. The van der Waals surface area contributed by atoms with Crippen molar-refractivity contribution in [1.82, 2.24) is 9.21 Å². The van der Waals surface area contributed by atoms with Crippen molar-refractivity contribution in [2.24, 2.45) is 0 Å². The number of carbonyl (C=O) groups is 1. The van der Waals surface area contributed by atoms with Gasteiger partial charge in [0.2, 0.25) is 10.0 Å². The smallest absolute Gasteiger partial charge is 0.320 e. The number of rotatable bonds is 7. The van der Waals surface area contributed by atoms with Crippen LogP contribution in [0, 0.1) is 0 Å². The predicted octanol–water partition coefficient (Wildman–Crippen LogP) is -0.716. The van der Waals surface area contributed by atoms with Gasteiger partial charge in [-0.25, -0.2) is 12.7 Å². The van der Waals surface area contributed by atoms with E-state index in [9.17, 15) is 13.2 Å². The molecule has 0 saturated carbocycles. The molecule has 0 saturated heterocycles. The summed E-state index contributed by atoms with van der Waals surface area (Å²) in [5.74, 6) is -2.17. The summed E-state index contributed by atoms with van der Waals surface area (Å²) in [5.41, 5.74) is 0. The van der Waals surface area contributed by atoms with E-state index in [-0.39, 0.29) is 0 Å². The maximum atomic E-state index is 11.3. The minimum Gasteiger partial charge on any atom is -0.480 e. The molecule has 0 heterocycles. The molecule has 0 radical (unpaired) electrons. The van der Waals surface area contributed by atoms with Crippen LogP contribution in [0.3, 0.4) is 0 Å². The third kappa shape index (κ3) is 6.43. The van der Waals surface area contributed by atoms with E-state index in [1.54, 1.807) is 0 Å². The van der Waals surface area contributed by atoms with Crippen LogP contribution in [-0.2, 0) is 14.8 Å². The predicted molar refractivity (Wildman–Crippen MR) is 57.2 cm³/mol. The number of carboxylic acid groups (broad SMARTS) is 1. The van der Waals surface area contributed by atoms with Crippen LogP contribution in [-0.4, -0.2) is 68.7 Å². The molecule has 0 bridgehead atoms. The van der Waals surface area contributed by atoms with E-state index in [0.29, 0.717) is 13.0 Å². The molecule has 0 atom stereocenters. The molecule has 0 aliphatic heterocycles. The quantitative estimate of drug-likeness (QED) is 0.633. The van der Waals surface area contributed by atoms with Crippen molar-refractivity contribution in [3.63, 3.8) is 0 Å². The summed E-state index contributed by atoms with van der Waals surface area (Å²) in [6.45, 7) is 1.11. The summed E-state index contributed by atoms with van der Waals surface area (Å²) >= 11 is 0. The Kier molecular flexibility index (Phi) is 5.77. The molecule has 0 aliphatic carbocycles. The van der Waals surface area contributed by atoms with Gasteiger partial charge in [0.1, 0.15) is 0 Å². The highest BCUT2D eigenvalue weighted by Crippen LogP contribution is 1.99. The van der Waals surface area contributed by atoms with Crippen LogP contribution < -0.4 is 0 Å². The first-order valence-electron chi connectivity index (χ1n) is 4.56. The van der Waals surface area contributed by atoms with Gasteiger partial charge < -0.3 is 10.0 Å². The van der Waals surface area contributed by atoms with E-state index in [1.165, 1.54) is 7.05 Å². The van der Waals surface area contributed by atoms with Gasteiger partial charge in [0.25, 0.3) is 0 Å². The van der Waals surface area contributed by atoms with Gasteiger partial charge in [-0.3, -0.25) is 4.79 Å². The standard InChI is InChI=1S/C8H18N2O4S/c1-9(2)5-4-6-10(3)15(13,14)7-8(11)12/h4-7H2,1-3H3,(H,11,12). The Bertz CT molecular complexity index is 300. The van der Waals surface area contributed by atoms with Gasteiger partial charge in [-0.05, 0) is 27.1 Å².